The molecule has 28 heavy (non-hydrogen) atoms. The predicted octanol–water partition coefficient (Wildman–Crippen LogP) is 4.72. The second kappa shape index (κ2) is 8.80. The predicted molar refractivity (Wildman–Crippen MR) is 115 cm³/mol. The number of aryl methyl sites for hydroxylation is 2. The van der Waals surface area contributed by atoms with Crippen molar-refractivity contribution in [1.82, 2.24) is 19.9 Å². The first-order valence-electron chi connectivity index (χ1n) is 9.97. The van der Waals surface area contributed by atoms with Crippen LogP contribution in [0.1, 0.15) is 40.7 Å². The molecule has 0 amide bonds. The van der Waals surface area contributed by atoms with E-state index in [1.807, 2.05) is 13.1 Å². The van der Waals surface area contributed by atoms with Gasteiger partial charge in [0.1, 0.15) is 11.6 Å². The van der Waals surface area contributed by atoms with E-state index in [1.54, 1.807) is 11.3 Å². The summed E-state index contributed by atoms with van der Waals surface area (Å²) in [6, 6.07) is 12.9. The van der Waals surface area contributed by atoms with E-state index in [0.29, 0.717) is 5.92 Å². The minimum Gasteiger partial charge on any atom is -0.316 e. The molecule has 1 aromatic carbocycles. The lowest BCUT2D eigenvalue weighted by Crippen LogP contribution is -2.34. The Balaban J connectivity index is 1.35. The van der Waals surface area contributed by atoms with Gasteiger partial charge in [0.05, 0.1) is 0 Å². The summed E-state index contributed by atoms with van der Waals surface area (Å²) in [5.74, 6) is 2.18. The summed E-state index contributed by atoms with van der Waals surface area (Å²) in [4.78, 5) is 17.4. The van der Waals surface area contributed by atoms with Crippen molar-refractivity contribution in [2.75, 3.05) is 25.0 Å². The van der Waals surface area contributed by atoms with Gasteiger partial charge in [0, 0.05) is 35.3 Å². The number of piperidine rings is 1. The Labute approximate surface area is 170 Å². The van der Waals surface area contributed by atoms with E-state index in [2.05, 4.69) is 63.5 Å². The average molecular weight is 394 g/mol. The van der Waals surface area contributed by atoms with E-state index in [9.17, 15) is 0 Å². The van der Waals surface area contributed by atoms with Crippen LogP contribution in [0.25, 0.3) is 0 Å². The van der Waals surface area contributed by atoms with Gasteiger partial charge in [-0.05, 0) is 51.8 Å². The van der Waals surface area contributed by atoms with E-state index in [1.165, 1.54) is 10.4 Å². The molecule has 5 nitrogen and oxygen atoms in total. The molecule has 0 radical (unpaired) electrons. The summed E-state index contributed by atoms with van der Waals surface area (Å²) < 4.78 is 0. The Hall–Kier alpha value is -2.31. The van der Waals surface area contributed by atoms with Crippen molar-refractivity contribution in [2.24, 2.45) is 0 Å². The second-order valence-electron chi connectivity index (χ2n) is 7.48. The third-order valence-corrected chi connectivity index (χ3v) is 6.11. The number of anilines is 2. The van der Waals surface area contributed by atoms with Crippen LogP contribution in [-0.4, -0.2) is 39.5 Å². The largest absolute Gasteiger partial charge is 0.316 e. The maximum absolute atomic E-state index is 4.74. The molecule has 3 heterocycles. The van der Waals surface area contributed by atoms with Crippen molar-refractivity contribution in [3.05, 3.63) is 64.6 Å². The number of thiazole rings is 1. The lowest BCUT2D eigenvalue weighted by atomic mass is 9.93. The van der Waals surface area contributed by atoms with Gasteiger partial charge in [0.15, 0.2) is 5.13 Å². The zero-order chi connectivity index (χ0) is 19.3. The van der Waals surface area contributed by atoms with E-state index >= 15 is 0 Å². The number of aromatic nitrogens is 3. The van der Waals surface area contributed by atoms with Crippen LogP contribution in [-0.2, 0) is 6.42 Å². The molecule has 4 rings (SSSR count). The second-order valence-corrected chi connectivity index (χ2v) is 8.71. The van der Waals surface area contributed by atoms with Crippen molar-refractivity contribution < 1.29 is 0 Å². The molecule has 0 atom stereocenters. The van der Waals surface area contributed by atoms with Crippen molar-refractivity contribution in [3.8, 4) is 0 Å². The van der Waals surface area contributed by atoms with Crippen LogP contribution in [0, 0.1) is 13.8 Å². The van der Waals surface area contributed by atoms with E-state index in [-0.39, 0.29) is 0 Å². The molecule has 1 fully saturated rings. The highest BCUT2D eigenvalue weighted by Crippen LogP contribution is 2.29. The number of hydrogen-bond acceptors (Lipinski definition) is 6. The van der Waals surface area contributed by atoms with Crippen molar-refractivity contribution in [1.29, 1.82) is 0 Å². The number of nitrogens with zero attached hydrogens (tertiary/aromatic N) is 4. The zero-order valence-electron chi connectivity index (χ0n) is 16.6. The molecule has 1 N–H and O–H groups in total. The highest BCUT2D eigenvalue weighted by Gasteiger charge is 2.22. The molecule has 2 aromatic heterocycles. The topological polar surface area (TPSA) is 53.9 Å². The van der Waals surface area contributed by atoms with Gasteiger partial charge in [0.2, 0.25) is 0 Å². The van der Waals surface area contributed by atoms with Crippen molar-refractivity contribution in [3.63, 3.8) is 0 Å². The summed E-state index contributed by atoms with van der Waals surface area (Å²) in [5.41, 5.74) is 2.58. The van der Waals surface area contributed by atoms with Gasteiger partial charge in [-0.15, -0.1) is 11.3 Å². The summed E-state index contributed by atoms with van der Waals surface area (Å²) >= 11 is 1.64. The maximum Gasteiger partial charge on any atom is 0.188 e. The molecule has 3 aromatic rings. The van der Waals surface area contributed by atoms with Crippen LogP contribution < -0.4 is 5.32 Å². The van der Waals surface area contributed by atoms with Gasteiger partial charge in [-0.2, -0.15) is 0 Å². The number of likely N-dealkylation sites (tertiary alicyclic amines) is 1. The third-order valence-electron chi connectivity index (χ3n) is 5.28. The fourth-order valence-corrected chi connectivity index (χ4v) is 4.44. The highest BCUT2D eigenvalue weighted by molar-refractivity contribution is 7.15. The number of rotatable bonds is 6. The zero-order valence-corrected chi connectivity index (χ0v) is 17.4. The van der Waals surface area contributed by atoms with Crippen molar-refractivity contribution in [2.45, 2.75) is 39.0 Å². The molecule has 1 aliphatic heterocycles. The summed E-state index contributed by atoms with van der Waals surface area (Å²) in [5, 5.41) is 4.22. The Morgan fingerprint density at radius 3 is 2.61 bits per heavy atom. The molecule has 0 saturated carbocycles. The summed E-state index contributed by atoms with van der Waals surface area (Å²) in [6.07, 6.45) is 5.31. The minimum atomic E-state index is 0.508. The van der Waals surface area contributed by atoms with Crippen LogP contribution >= 0.6 is 11.3 Å². The maximum atomic E-state index is 4.74. The highest BCUT2D eigenvalue weighted by atomic mass is 32.1. The Morgan fingerprint density at radius 2 is 1.89 bits per heavy atom. The van der Waals surface area contributed by atoms with Crippen molar-refractivity contribution >= 4 is 22.3 Å². The quantitative estimate of drug-likeness (QED) is 0.657. The van der Waals surface area contributed by atoms with E-state index < -0.39 is 0 Å². The third kappa shape index (κ3) is 4.94. The van der Waals surface area contributed by atoms with Gasteiger partial charge < -0.3 is 10.2 Å². The van der Waals surface area contributed by atoms with Gasteiger partial charge in [-0.25, -0.2) is 15.0 Å². The van der Waals surface area contributed by atoms with Crippen LogP contribution in [0.15, 0.2) is 42.6 Å². The van der Waals surface area contributed by atoms with Crippen LogP contribution in [0.2, 0.25) is 0 Å². The first kappa shape index (κ1) is 19.0. The van der Waals surface area contributed by atoms with E-state index in [0.717, 1.165) is 61.4 Å². The van der Waals surface area contributed by atoms with Crippen LogP contribution in [0.3, 0.4) is 0 Å². The molecule has 0 spiro atoms. The Bertz CT molecular complexity index is 900. The molecule has 1 aliphatic rings. The molecule has 6 heteroatoms. The van der Waals surface area contributed by atoms with Crippen LogP contribution in [0.5, 0.6) is 0 Å². The SMILES string of the molecule is Cc1nc(Nc2ncc(C)s2)cc(C2CCN(CCc3ccccc3)CC2)n1. The molecular weight excluding hydrogens is 366 g/mol. The van der Waals surface area contributed by atoms with Gasteiger partial charge in [-0.1, -0.05) is 30.3 Å². The number of benzene rings is 1. The van der Waals surface area contributed by atoms with Gasteiger partial charge in [0.25, 0.3) is 0 Å². The molecule has 0 unspecified atom stereocenters. The smallest absolute Gasteiger partial charge is 0.188 e. The molecule has 0 aliphatic carbocycles. The molecular formula is C22H27N5S. The van der Waals surface area contributed by atoms with Crippen LogP contribution in [0.4, 0.5) is 10.9 Å². The van der Waals surface area contributed by atoms with E-state index in [4.69, 9.17) is 4.98 Å². The first-order valence-corrected chi connectivity index (χ1v) is 10.8. The summed E-state index contributed by atoms with van der Waals surface area (Å²) in [6.45, 7) is 7.43. The fraction of sp³-hybridized carbons (Fsp3) is 0.409. The summed E-state index contributed by atoms with van der Waals surface area (Å²) in [7, 11) is 0. The standard InChI is InChI=1S/C22H27N5S/c1-16-15-23-22(28-16)26-21-14-20(24-17(2)25-21)19-9-12-27(13-10-19)11-8-18-6-4-3-5-7-18/h3-7,14-15,19H,8-13H2,1-2H3,(H,23,24,25,26). The molecule has 1 saturated heterocycles. The average Bonchev–Trinajstić information content (AvgIpc) is 3.12. The lowest BCUT2D eigenvalue weighted by Gasteiger charge is -2.31. The molecule has 0 bridgehead atoms. The lowest BCUT2D eigenvalue weighted by molar-refractivity contribution is 0.213. The van der Waals surface area contributed by atoms with Gasteiger partial charge in [-0.3, -0.25) is 0 Å². The monoisotopic (exact) mass is 393 g/mol. The number of nitrogens with one attached hydrogen (secondary N) is 1. The Morgan fingerprint density at radius 1 is 1.11 bits per heavy atom. The number of hydrogen-bond donors (Lipinski definition) is 1. The minimum absolute atomic E-state index is 0.508. The molecule has 146 valence electrons. The fourth-order valence-electron chi connectivity index (χ4n) is 3.77. The van der Waals surface area contributed by atoms with Gasteiger partial charge >= 0.3 is 0 Å². The first-order chi connectivity index (χ1) is 13.7. The Kier molecular flexibility index (Phi) is 5.98. The normalized spacial score (nSPS) is 15.6.